The molecule has 0 aliphatic rings. The number of benzene rings is 2. The van der Waals surface area contributed by atoms with E-state index in [2.05, 4.69) is 5.32 Å². The van der Waals surface area contributed by atoms with E-state index in [1.165, 1.54) is 35.8 Å². The molecule has 0 saturated heterocycles. The molecular weight excluding hydrogens is 355 g/mol. The van der Waals surface area contributed by atoms with Gasteiger partial charge in [-0.15, -0.1) is 0 Å². The molecule has 0 radical (unpaired) electrons. The van der Waals surface area contributed by atoms with Crippen molar-refractivity contribution in [1.29, 1.82) is 0 Å². The average molecular weight is 369 g/mol. The first-order valence-corrected chi connectivity index (χ1v) is 7.69. The Bertz CT molecular complexity index is 781. The number of amides is 2. The molecule has 0 aliphatic heterocycles. The second kappa shape index (κ2) is 8.01. The Morgan fingerprint density at radius 2 is 1.88 bits per heavy atom. The quantitative estimate of drug-likeness (QED) is 0.553. The molecule has 2 amide bonds. The predicted octanol–water partition coefficient (Wildman–Crippen LogP) is 3.76. The van der Waals surface area contributed by atoms with E-state index in [1.54, 1.807) is 13.0 Å². The van der Waals surface area contributed by atoms with E-state index < -0.39 is 11.8 Å². The van der Waals surface area contributed by atoms with Gasteiger partial charge in [0, 0.05) is 10.6 Å². The minimum atomic E-state index is -0.710. The second-order valence-corrected chi connectivity index (χ2v) is 5.51. The first kappa shape index (κ1) is 18.1. The molecule has 0 fully saturated rings. The Hall–Kier alpha value is -2.28. The topological polar surface area (TPSA) is 87.7 Å². The number of anilines is 1. The van der Waals surface area contributed by atoms with E-state index in [4.69, 9.17) is 33.1 Å². The minimum absolute atomic E-state index is 0.151. The van der Waals surface area contributed by atoms with Gasteiger partial charge in [0.15, 0.2) is 0 Å². The second-order valence-electron chi connectivity index (χ2n) is 4.66. The molecule has 0 spiro atoms. The van der Waals surface area contributed by atoms with Crippen molar-refractivity contribution in [1.82, 2.24) is 5.48 Å². The van der Waals surface area contributed by atoms with Gasteiger partial charge in [0.1, 0.15) is 5.75 Å². The van der Waals surface area contributed by atoms with Gasteiger partial charge in [-0.3, -0.25) is 14.8 Å². The number of carbonyl (C=O) groups excluding carboxylic acids is 2. The molecule has 0 aliphatic carbocycles. The molecule has 0 atom stereocenters. The fraction of sp³-hybridized carbons (Fsp3) is 0.125. The fourth-order valence-corrected chi connectivity index (χ4v) is 2.47. The molecule has 3 N–H and O–H groups in total. The van der Waals surface area contributed by atoms with Crippen LogP contribution in [0.3, 0.4) is 0 Å². The van der Waals surface area contributed by atoms with Crippen LogP contribution in [0.4, 0.5) is 5.69 Å². The third-order valence-electron chi connectivity index (χ3n) is 3.07. The van der Waals surface area contributed by atoms with Gasteiger partial charge >= 0.3 is 0 Å². The zero-order valence-corrected chi connectivity index (χ0v) is 14.1. The molecule has 8 heteroatoms. The van der Waals surface area contributed by atoms with Crippen molar-refractivity contribution in [2.45, 2.75) is 6.92 Å². The average Bonchev–Trinajstić information content (AvgIpc) is 2.55. The Balaban J connectivity index is 2.35. The van der Waals surface area contributed by atoms with E-state index >= 15 is 0 Å². The first-order valence-electron chi connectivity index (χ1n) is 6.94. The van der Waals surface area contributed by atoms with Gasteiger partial charge in [-0.1, -0.05) is 23.2 Å². The van der Waals surface area contributed by atoms with Crippen molar-refractivity contribution in [3.05, 3.63) is 57.6 Å². The van der Waals surface area contributed by atoms with Crippen molar-refractivity contribution in [3.8, 4) is 5.75 Å². The molecule has 126 valence electrons. The highest BCUT2D eigenvalue weighted by atomic mass is 35.5. The van der Waals surface area contributed by atoms with Crippen LogP contribution in [0.15, 0.2) is 36.4 Å². The Morgan fingerprint density at radius 1 is 1.12 bits per heavy atom. The SMILES string of the molecule is CCOc1ccc(C(=O)NO)cc1NC(=O)c1ccc(Cl)cc1Cl. The number of carbonyl (C=O) groups is 2. The molecule has 2 aromatic carbocycles. The summed E-state index contributed by atoms with van der Waals surface area (Å²) in [5.74, 6) is -0.817. The molecule has 0 unspecified atom stereocenters. The highest BCUT2D eigenvalue weighted by molar-refractivity contribution is 6.37. The molecule has 0 bridgehead atoms. The van der Waals surface area contributed by atoms with Crippen LogP contribution < -0.4 is 15.5 Å². The number of hydroxylamine groups is 1. The molecule has 24 heavy (non-hydrogen) atoms. The largest absolute Gasteiger partial charge is 0.492 e. The van der Waals surface area contributed by atoms with E-state index in [9.17, 15) is 9.59 Å². The number of halogens is 2. The Labute approximate surface area is 148 Å². The van der Waals surface area contributed by atoms with Crippen LogP contribution >= 0.6 is 23.2 Å². The van der Waals surface area contributed by atoms with E-state index in [0.29, 0.717) is 17.4 Å². The van der Waals surface area contributed by atoms with Crippen LogP contribution in [0.2, 0.25) is 10.0 Å². The van der Waals surface area contributed by atoms with Crippen molar-refractivity contribution in [2.24, 2.45) is 0 Å². The number of rotatable bonds is 5. The van der Waals surface area contributed by atoms with Gasteiger partial charge in [0.25, 0.3) is 11.8 Å². The predicted molar refractivity (Wildman–Crippen MR) is 91.3 cm³/mol. The lowest BCUT2D eigenvalue weighted by Gasteiger charge is -2.13. The van der Waals surface area contributed by atoms with E-state index in [1.807, 2.05) is 0 Å². The Morgan fingerprint density at radius 3 is 2.50 bits per heavy atom. The number of hydrogen-bond donors (Lipinski definition) is 3. The normalized spacial score (nSPS) is 10.2. The monoisotopic (exact) mass is 368 g/mol. The van der Waals surface area contributed by atoms with Crippen molar-refractivity contribution in [2.75, 3.05) is 11.9 Å². The van der Waals surface area contributed by atoms with Crippen LogP contribution in [0, 0.1) is 0 Å². The summed E-state index contributed by atoms with van der Waals surface area (Å²) in [5, 5.41) is 12.0. The molecule has 2 rings (SSSR count). The lowest BCUT2D eigenvalue weighted by atomic mass is 10.1. The van der Waals surface area contributed by atoms with Gasteiger partial charge in [0.05, 0.1) is 22.9 Å². The van der Waals surface area contributed by atoms with Crippen LogP contribution in [-0.2, 0) is 0 Å². The lowest BCUT2D eigenvalue weighted by molar-refractivity contribution is 0.0706. The summed E-state index contributed by atoms with van der Waals surface area (Å²) < 4.78 is 5.43. The zero-order chi connectivity index (χ0) is 17.7. The number of ether oxygens (including phenoxy) is 1. The maximum absolute atomic E-state index is 12.4. The van der Waals surface area contributed by atoms with Gasteiger partial charge < -0.3 is 10.1 Å². The third kappa shape index (κ3) is 4.17. The highest BCUT2D eigenvalue weighted by Crippen LogP contribution is 2.28. The van der Waals surface area contributed by atoms with Crippen LogP contribution in [0.1, 0.15) is 27.6 Å². The molecule has 0 saturated carbocycles. The van der Waals surface area contributed by atoms with Gasteiger partial charge in [0.2, 0.25) is 0 Å². The summed E-state index contributed by atoms with van der Waals surface area (Å²) in [5.41, 5.74) is 2.18. The van der Waals surface area contributed by atoms with Crippen LogP contribution in [0.25, 0.3) is 0 Å². The summed E-state index contributed by atoms with van der Waals surface area (Å²) in [7, 11) is 0. The molecule has 2 aromatic rings. The summed E-state index contributed by atoms with van der Waals surface area (Å²) >= 11 is 11.8. The van der Waals surface area contributed by atoms with Gasteiger partial charge in [-0.2, -0.15) is 0 Å². The number of nitrogens with one attached hydrogen (secondary N) is 2. The summed E-state index contributed by atoms with van der Waals surface area (Å²) in [4.78, 5) is 23.9. The molecule has 0 heterocycles. The summed E-state index contributed by atoms with van der Waals surface area (Å²) in [6.07, 6.45) is 0. The van der Waals surface area contributed by atoms with Gasteiger partial charge in [-0.25, -0.2) is 5.48 Å². The zero-order valence-electron chi connectivity index (χ0n) is 12.6. The summed E-state index contributed by atoms with van der Waals surface area (Å²) in [6.45, 7) is 2.16. The first-order chi connectivity index (χ1) is 11.5. The molecule has 0 aromatic heterocycles. The van der Waals surface area contributed by atoms with Crippen molar-refractivity contribution in [3.63, 3.8) is 0 Å². The highest BCUT2D eigenvalue weighted by Gasteiger charge is 2.15. The Kier molecular flexibility index (Phi) is 6.03. The van der Waals surface area contributed by atoms with E-state index in [0.717, 1.165) is 0 Å². The number of hydrogen-bond acceptors (Lipinski definition) is 4. The maximum Gasteiger partial charge on any atom is 0.274 e. The third-order valence-corrected chi connectivity index (χ3v) is 3.61. The van der Waals surface area contributed by atoms with Crippen molar-refractivity contribution >= 4 is 40.7 Å². The van der Waals surface area contributed by atoms with Crippen LogP contribution in [0.5, 0.6) is 5.75 Å². The van der Waals surface area contributed by atoms with Gasteiger partial charge in [-0.05, 0) is 43.3 Å². The minimum Gasteiger partial charge on any atom is -0.492 e. The van der Waals surface area contributed by atoms with E-state index in [-0.39, 0.29) is 21.8 Å². The smallest absolute Gasteiger partial charge is 0.274 e. The van der Waals surface area contributed by atoms with Crippen LogP contribution in [-0.4, -0.2) is 23.6 Å². The maximum atomic E-state index is 12.4. The standard InChI is InChI=1S/C16H14Cl2N2O4/c1-2-24-14-6-3-9(15(21)20-23)7-13(14)19-16(22)11-5-4-10(17)8-12(11)18/h3-8,23H,2H2,1H3,(H,19,22)(H,20,21). The summed E-state index contributed by atoms with van der Waals surface area (Å²) in [6, 6.07) is 8.86. The fourth-order valence-electron chi connectivity index (χ4n) is 1.98. The molecule has 6 nitrogen and oxygen atoms in total. The molecular formula is C16H14Cl2N2O4. The van der Waals surface area contributed by atoms with Crippen molar-refractivity contribution < 1.29 is 19.5 Å². The lowest BCUT2D eigenvalue weighted by Crippen LogP contribution is -2.19.